The van der Waals surface area contributed by atoms with E-state index in [1.807, 2.05) is 12.2 Å². The summed E-state index contributed by atoms with van der Waals surface area (Å²) < 4.78 is 32.6. The lowest BCUT2D eigenvalue weighted by atomic mass is 10.1. The van der Waals surface area contributed by atoms with Gasteiger partial charge in [0.2, 0.25) is 0 Å². The lowest BCUT2D eigenvalue weighted by Crippen LogP contribution is -2.29. The molecule has 10 nitrogen and oxygen atoms in total. The van der Waals surface area contributed by atoms with E-state index in [0.29, 0.717) is 19.3 Å². The van der Waals surface area contributed by atoms with Crippen molar-refractivity contribution in [2.45, 2.75) is 154 Å². The highest BCUT2D eigenvalue weighted by atomic mass is 31.2. The third-order valence-electron chi connectivity index (χ3n) is 8.22. The van der Waals surface area contributed by atoms with E-state index in [-0.39, 0.29) is 19.4 Å². The van der Waals surface area contributed by atoms with E-state index in [2.05, 4.69) is 103 Å². The van der Waals surface area contributed by atoms with Gasteiger partial charge in [-0.05, 0) is 89.9 Å². The van der Waals surface area contributed by atoms with Crippen molar-refractivity contribution in [3.8, 4) is 0 Å². The third kappa shape index (κ3) is 40.9. The van der Waals surface area contributed by atoms with Gasteiger partial charge in [0.05, 0.1) is 19.8 Å². The molecule has 0 saturated carbocycles. The highest BCUT2D eigenvalue weighted by Crippen LogP contribution is 2.43. The van der Waals surface area contributed by atoms with Gasteiger partial charge in [0.25, 0.3) is 0 Å². The van der Waals surface area contributed by atoms with Crippen molar-refractivity contribution < 1.29 is 47.8 Å². The van der Waals surface area contributed by atoms with E-state index in [1.165, 1.54) is 19.3 Å². The molecule has 0 radical (unpaired) electrons. The fourth-order valence-corrected chi connectivity index (χ4v) is 5.76. The zero-order valence-electron chi connectivity index (χ0n) is 35.0. The van der Waals surface area contributed by atoms with E-state index in [4.69, 9.17) is 19.1 Å². The molecule has 0 rings (SSSR count). The second kappa shape index (κ2) is 41.1. The Morgan fingerprint density at radius 1 is 0.544 bits per heavy atom. The monoisotopic (exact) mass is 819 g/mol. The van der Waals surface area contributed by atoms with E-state index >= 15 is 0 Å². The fourth-order valence-electron chi connectivity index (χ4n) is 4.97. The van der Waals surface area contributed by atoms with Crippen LogP contribution < -0.4 is 0 Å². The molecule has 0 heterocycles. The Labute approximate surface area is 344 Å². The summed E-state index contributed by atoms with van der Waals surface area (Å²) >= 11 is 0. The molecule has 0 fully saturated rings. The van der Waals surface area contributed by atoms with Crippen molar-refractivity contribution in [3.05, 3.63) is 97.2 Å². The summed E-state index contributed by atoms with van der Waals surface area (Å²) in [5, 5.41) is 18.3. The molecule has 0 aliphatic rings. The lowest BCUT2D eigenvalue weighted by Gasteiger charge is -2.20. The van der Waals surface area contributed by atoms with Gasteiger partial charge in [-0.25, -0.2) is 4.57 Å². The highest BCUT2D eigenvalue weighted by molar-refractivity contribution is 7.47. The van der Waals surface area contributed by atoms with Gasteiger partial charge in [0, 0.05) is 12.8 Å². The van der Waals surface area contributed by atoms with Crippen LogP contribution in [0.3, 0.4) is 0 Å². The molecule has 3 atom stereocenters. The zero-order valence-corrected chi connectivity index (χ0v) is 35.9. The Kier molecular flexibility index (Phi) is 38.8. The maximum atomic E-state index is 12.6. The van der Waals surface area contributed by atoms with Gasteiger partial charge in [-0.3, -0.25) is 18.6 Å². The van der Waals surface area contributed by atoms with E-state index < -0.39 is 51.8 Å². The standard InChI is InChI=1S/C46H75O10P/c1-3-5-7-9-11-13-15-17-19-21-23-25-27-29-31-33-35-37-45(49)53-41-44(42-55-57(51,52)54-40-43(48)39-47)56-46(50)38-36-34-32-30-28-26-24-22-20-18-16-14-12-10-8-6-4-2/h5,7,11-14,17-20,23-26,29,31,43-44,47-48H,3-4,6,8-10,15-16,21-22,27-28,30,32-42H2,1-2H3,(H,51,52)/b7-5+,13-11+,14-12+,19-17+,20-18+,25-23+,26-24+,31-29+/t43-,44+/m0/s1. The molecular formula is C46H75O10P. The van der Waals surface area contributed by atoms with Crippen molar-refractivity contribution >= 4 is 19.8 Å². The SMILES string of the molecule is CC/C=C/C/C=C/C/C=C/C/C=C/C/C=C/CCCC(=O)OC[C@H](COP(=O)(O)OC[C@@H](O)CO)OC(=O)CCCCCC/C=C/C/C=C/C/C=C/CCCCC. The Morgan fingerprint density at radius 2 is 0.982 bits per heavy atom. The Morgan fingerprint density at radius 3 is 1.49 bits per heavy atom. The van der Waals surface area contributed by atoms with Gasteiger partial charge in [0.1, 0.15) is 12.7 Å². The number of esters is 2. The number of carbonyl (C=O) groups excluding carboxylic acids is 2. The topological polar surface area (TPSA) is 149 Å². The van der Waals surface area contributed by atoms with Crippen LogP contribution in [0.2, 0.25) is 0 Å². The molecule has 324 valence electrons. The zero-order chi connectivity index (χ0) is 41.9. The average Bonchev–Trinajstić information content (AvgIpc) is 3.20. The minimum Gasteiger partial charge on any atom is -0.462 e. The van der Waals surface area contributed by atoms with E-state index in [0.717, 1.165) is 77.0 Å². The number of allylic oxidation sites excluding steroid dienone is 16. The van der Waals surface area contributed by atoms with Gasteiger partial charge in [-0.1, -0.05) is 137 Å². The number of unbranched alkanes of at least 4 members (excludes halogenated alkanes) is 8. The van der Waals surface area contributed by atoms with Crippen molar-refractivity contribution in [2.24, 2.45) is 0 Å². The average molecular weight is 819 g/mol. The third-order valence-corrected chi connectivity index (χ3v) is 9.17. The first-order valence-electron chi connectivity index (χ1n) is 21.2. The highest BCUT2D eigenvalue weighted by Gasteiger charge is 2.27. The summed E-state index contributed by atoms with van der Waals surface area (Å²) in [6, 6.07) is 0. The second-order valence-corrected chi connectivity index (χ2v) is 15.1. The van der Waals surface area contributed by atoms with Gasteiger partial charge >= 0.3 is 19.8 Å². The maximum absolute atomic E-state index is 12.6. The Hall–Kier alpha value is -3.11. The summed E-state index contributed by atoms with van der Waals surface area (Å²) in [6.07, 6.45) is 49.5. The first-order valence-corrected chi connectivity index (χ1v) is 22.7. The van der Waals surface area contributed by atoms with Crippen molar-refractivity contribution in [2.75, 3.05) is 26.4 Å². The summed E-state index contributed by atoms with van der Waals surface area (Å²) in [4.78, 5) is 35.0. The largest absolute Gasteiger partial charge is 0.472 e. The number of phosphoric acid groups is 1. The summed E-state index contributed by atoms with van der Waals surface area (Å²) in [6.45, 7) is 2.12. The smallest absolute Gasteiger partial charge is 0.462 e. The van der Waals surface area contributed by atoms with Gasteiger partial charge in [-0.15, -0.1) is 0 Å². The number of aliphatic hydroxyl groups is 2. The predicted octanol–water partition coefficient (Wildman–Crippen LogP) is 11.2. The molecular weight excluding hydrogens is 743 g/mol. The molecule has 11 heteroatoms. The predicted molar refractivity (Wildman–Crippen MR) is 232 cm³/mol. The number of ether oxygens (including phenoxy) is 2. The summed E-state index contributed by atoms with van der Waals surface area (Å²) in [5.74, 6) is -1.03. The summed E-state index contributed by atoms with van der Waals surface area (Å²) in [7, 11) is -4.64. The molecule has 0 spiro atoms. The Bertz CT molecular complexity index is 1260. The number of rotatable bonds is 38. The first-order chi connectivity index (χ1) is 27.7. The molecule has 3 N–H and O–H groups in total. The number of hydrogen-bond donors (Lipinski definition) is 3. The summed E-state index contributed by atoms with van der Waals surface area (Å²) in [5.41, 5.74) is 0. The van der Waals surface area contributed by atoms with Crippen molar-refractivity contribution in [1.29, 1.82) is 0 Å². The van der Waals surface area contributed by atoms with Crippen LogP contribution in [0.1, 0.15) is 142 Å². The molecule has 57 heavy (non-hydrogen) atoms. The maximum Gasteiger partial charge on any atom is 0.472 e. The first kappa shape index (κ1) is 53.9. The number of phosphoric ester groups is 1. The Balaban J connectivity index is 4.48. The fraction of sp³-hybridized carbons (Fsp3) is 0.609. The van der Waals surface area contributed by atoms with Crippen LogP contribution in [0.15, 0.2) is 97.2 Å². The van der Waals surface area contributed by atoms with Gasteiger partial charge in [-0.2, -0.15) is 0 Å². The van der Waals surface area contributed by atoms with Crippen LogP contribution in [0, 0.1) is 0 Å². The molecule has 0 aliphatic carbocycles. The number of hydrogen-bond acceptors (Lipinski definition) is 9. The number of aliphatic hydroxyl groups excluding tert-OH is 2. The van der Waals surface area contributed by atoms with E-state index in [9.17, 15) is 24.2 Å². The molecule has 0 bridgehead atoms. The van der Waals surface area contributed by atoms with Crippen molar-refractivity contribution in [3.63, 3.8) is 0 Å². The van der Waals surface area contributed by atoms with Gasteiger partial charge in [0.15, 0.2) is 6.10 Å². The van der Waals surface area contributed by atoms with Gasteiger partial charge < -0.3 is 24.6 Å². The minimum atomic E-state index is -4.64. The molecule has 0 aromatic rings. The molecule has 0 saturated heterocycles. The molecule has 0 aromatic heterocycles. The molecule has 0 amide bonds. The molecule has 1 unspecified atom stereocenters. The van der Waals surface area contributed by atoms with Crippen LogP contribution in [0.4, 0.5) is 0 Å². The van der Waals surface area contributed by atoms with Crippen molar-refractivity contribution in [1.82, 2.24) is 0 Å². The quantitative estimate of drug-likeness (QED) is 0.0238. The van der Waals surface area contributed by atoms with Crippen LogP contribution >= 0.6 is 7.82 Å². The molecule has 0 aliphatic heterocycles. The second-order valence-electron chi connectivity index (χ2n) is 13.6. The van der Waals surface area contributed by atoms with Crippen LogP contribution in [-0.4, -0.2) is 65.7 Å². The van der Waals surface area contributed by atoms with Crippen LogP contribution in [0.5, 0.6) is 0 Å². The minimum absolute atomic E-state index is 0.140. The van der Waals surface area contributed by atoms with Crippen LogP contribution in [-0.2, 0) is 32.7 Å². The molecule has 0 aromatic carbocycles. The lowest BCUT2D eigenvalue weighted by molar-refractivity contribution is -0.161. The number of carbonyl (C=O) groups is 2. The van der Waals surface area contributed by atoms with E-state index in [1.54, 1.807) is 0 Å². The van der Waals surface area contributed by atoms with Crippen LogP contribution in [0.25, 0.3) is 0 Å². The normalized spacial score (nSPS) is 14.8.